The number of carbonyl (C=O) groups excluding carboxylic acids is 2. The van der Waals surface area contributed by atoms with Crippen molar-refractivity contribution in [3.05, 3.63) is 124 Å². The van der Waals surface area contributed by atoms with Gasteiger partial charge in [0.05, 0.1) is 11.8 Å². The molecule has 1 unspecified atom stereocenters. The van der Waals surface area contributed by atoms with E-state index < -0.39 is 18.0 Å². The van der Waals surface area contributed by atoms with Gasteiger partial charge in [-0.2, -0.15) is 5.10 Å². The van der Waals surface area contributed by atoms with Gasteiger partial charge in [-0.1, -0.05) is 64.5 Å². The minimum Gasteiger partial charge on any atom is -0.489 e. The summed E-state index contributed by atoms with van der Waals surface area (Å²) in [5, 5.41) is 4.02. The summed E-state index contributed by atoms with van der Waals surface area (Å²) in [4.78, 5) is 25.0. The molecule has 4 rings (SSSR count). The van der Waals surface area contributed by atoms with Crippen LogP contribution in [0.4, 0.5) is 0 Å². The predicted octanol–water partition coefficient (Wildman–Crippen LogP) is 6.16. The molecule has 0 spiro atoms. The second-order valence-electron chi connectivity index (χ2n) is 8.18. The van der Waals surface area contributed by atoms with Gasteiger partial charge < -0.3 is 14.2 Å². The quantitative estimate of drug-likeness (QED) is 0.106. The largest absolute Gasteiger partial charge is 0.489 e. The summed E-state index contributed by atoms with van der Waals surface area (Å²) in [5.41, 5.74) is 4.46. The number of benzene rings is 4. The van der Waals surface area contributed by atoms with E-state index in [1.807, 2.05) is 36.4 Å². The van der Waals surface area contributed by atoms with Crippen molar-refractivity contribution in [2.24, 2.45) is 5.10 Å². The van der Waals surface area contributed by atoms with Gasteiger partial charge in [-0.15, -0.1) is 0 Å². The fraction of sp³-hybridized carbons (Fsp3) is 0.100. The molecule has 192 valence electrons. The summed E-state index contributed by atoms with van der Waals surface area (Å²) < 4.78 is 17.8. The third-order valence-corrected chi connectivity index (χ3v) is 5.81. The van der Waals surface area contributed by atoms with Gasteiger partial charge in [-0.25, -0.2) is 10.2 Å². The summed E-state index contributed by atoms with van der Waals surface area (Å²) in [6, 6.07) is 30.7. The summed E-state index contributed by atoms with van der Waals surface area (Å²) >= 11 is 3.40. The molecule has 38 heavy (non-hydrogen) atoms. The molecule has 1 atom stereocenters. The Balaban J connectivity index is 1.30. The van der Waals surface area contributed by atoms with Crippen molar-refractivity contribution in [3.8, 4) is 17.2 Å². The smallest absolute Gasteiger partial charge is 0.343 e. The zero-order valence-corrected chi connectivity index (χ0v) is 22.1. The number of ether oxygens (including phenoxy) is 3. The Kier molecular flexibility index (Phi) is 9.26. The fourth-order valence-corrected chi connectivity index (χ4v) is 3.69. The molecule has 4 aromatic rings. The number of nitrogens with one attached hydrogen (secondary N) is 1. The van der Waals surface area contributed by atoms with Crippen LogP contribution in [-0.2, 0) is 11.4 Å². The standard InChI is InChI=1S/C30H25BrN2O5/c1-21(37-27-15-13-26(14-16-27)36-20-22-8-4-2-5-9-22)29(34)33-32-19-24-18-25(31)12-17-28(24)38-30(35)23-10-6-3-7-11-23/h2-19,21H,20H2,1H3,(H,33,34). The van der Waals surface area contributed by atoms with Crippen LogP contribution in [0.3, 0.4) is 0 Å². The molecule has 0 fully saturated rings. The zero-order chi connectivity index (χ0) is 26.7. The molecular formula is C30H25BrN2O5. The molecule has 4 aromatic carbocycles. The Morgan fingerprint density at radius 1 is 0.895 bits per heavy atom. The maximum absolute atomic E-state index is 12.5. The molecule has 0 bridgehead atoms. The number of halogens is 1. The molecule has 0 radical (unpaired) electrons. The molecule has 8 heteroatoms. The van der Waals surface area contributed by atoms with Gasteiger partial charge in [0.2, 0.25) is 0 Å². The first-order chi connectivity index (χ1) is 18.5. The van der Waals surface area contributed by atoms with Crippen molar-refractivity contribution in [1.82, 2.24) is 5.43 Å². The zero-order valence-electron chi connectivity index (χ0n) is 20.5. The van der Waals surface area contributed by atoms with Gasteiger partial charge in [0.15, 0.2) is 6.10 Å². The predicted molar refractivity (Wildman–Crippen MR) is 149 cm³/mol. The molecule has 0 aliphatic carbocycles. The van der Waals surface area contributed by atoms with E-state index in [1.54, 1.807) is 73.7 Å². The summed E-state index contributed by atoms with van der Waals surface area (Å²) in [6.07, 6.45) is 0.600. The van der Waals surface area contributed by atoms with Crippen LogP contribution < -0.4 is 19.6 Å². The Hall–Kier alpha value is -4.43. The minimum atomic E-state index is -0.805. The lowest BCUT2D eigenvalue weighted by atomic mass is 10.2. The van der Waals surface area contributed by atoms with Gasteiger partial charge in [-0.3, -0.25) is 4.79 Å². The second kappa shape index (κ2) is 13.2. The maximum atomic E-state index is 12.5. The second-order valence-corrected chi connectivity index (χ2v) is 9.09. The lowest BCUT2D eigenvalue weighted by Gasteiger charge is -2.13. The Morgan fingerprint density at radius 2 is 1.55 bits per heavy atom. The van der Waals surface area contributed by atoms with Gasteiger partial charge in [-0.05, 0) is 67.1 Å². The first-order valence-electron chi connectivity index (χ1n) is 11.8. The number of hydrazone groups is 1. The van der Waals surface area contributed by atoms with Crippen LogP contribution in [0.5, 0.6) is 17.2 Å². The summed E-state index contributed by atoms with van der Waals surface area (Å²) in [5.74, 6) is 0.582. The van der Waals surface area contributed by atoms with Gasteiger partial charge in [0.25, 0.3) is 5.91 Å². The average Bonchev–Trinajstić information content (AvgIpc) is 2.95. The molecule has 0 saturated carbocycles. The first-order valence-corrected chi connectivity index (χ1v) is 12.6. The SMILES string of the molecule is CC(Oc1ccc(OCc2ccccc2)cc1)C(=O)NN=Cc1cc(Br)ccc1OC(=O)c1ccccc1. The monoisotopic (exact) mass is 572 g/mol. The lowest BCUT2D eigenvalue weighted by molar-refractivity contribution is -0.127. The molecule has 7 nitrogen and oxygen atoms in total. The summed E-state index contributed by atoms with van der Waals surface area (Å²) in [6.45, 7) is 2.08. The molecule has 0 aliphatic rings. The summed E-state index contributed by atoms with van der Waals surface area (Å²) in [7, 11) is 0. The van der Waals surface area contributed by atoms with Crippen LogP contribution in [0.1, 0.15) is 28.4 Å². The topological polar surface area (TPSA) is 86.2 Å². The van der Waals surface area contributed by atoms with Crippen LogP contribution in [0, 0.1) is 0 Å². The molecule has 1 N–H and O–H groups in total. The highest BCUT2D eigenvalue weighted by molar-refractivity contribution is 9.10. The molecule has 0 aliphatic heterocycles. The lowest BCUT2D eigenvalue weighted by Crippen LogP contribution is -2.33. The van der Waals surface area contributed by atoms with Crippen molar-refractivity contribution in [3.63, 3.8) is 0 Å². The van der Waals surface area contributed by atoms with Gasteiger partial charge in [0.1, 0.15) is 23.9 Å². The van der Waals surface area contributed by atoms with E-state index in [0.717, 1.165) is 10.0 Å². The van der Waals surface area contributed by atoms with Crippen LogP contribution in [-0.4, -0.2) is 24.2 Å². The van der Waals surface area contributed by atoms with E-state index in [9.17, 15) is 9.59 Å². The number of nitrogens with zero attached hydrogens (tertiary/aromatic N) is 1. The van der Waals surface area contributed by atoms with Crippen molar-refractivity contribution in [1.29, 1.82) is 0 Å². The number of hydrogen-bond donors (Lipinski definition) is 1. The van der Waals surface area contributed by atoms with E-state index in [2.05, 4.69) is 26.5 Å². The first kappa shape index (κ1) is 26.6. The van der Waals surface area contributed by atoms with Crippen molar-refractivity contribution in [2.75, 3.05) is 0 Å². The Morgan fingerprint density at radius 3 is 2.26 bits per heavy atom. The van der Waals surface area contributed by atoms with Crippen LogP contribution in [0.25, 0.3) is 0 Å². The minimum absolute atomic E-state index is 0.305. The highest BCUT2D eigenvalue weighted by atomic mass is 79.9. The van der Waals surface area contributed by atoms with Gasteiger partial charge in [0, 0.05) is 10.0 Å². The van der Waals surface area contributed by atoms with E-state index in [-0.39, 0.29) is 0 Å². The third kappa shape index (κ3) is 7.78. The Labute approximate surface area is 229 Å². The fourth-order valence-electron chi connectivity index (χ4n) is 3.32. The van der Waals surface area contributed by atoms with Crippen LogP contribution in [0.2, 0.25) is 0 Å². The molecular weight excluding hydrogens is 548 g/mol. The molecule has 0 aromatic heterocycles. The number of esters is 1. The molecule has 0 heterocycles. The normalized spacial score (nSPS) is 11.5. The molecule has 1 amide bonds. The van der Waals surface area contributed by atoms with E-state index in [1.165, 1.54) is 6.21 Å². The van der Waals surface area contributed by atoms with Crippen molar-refractivity contribution >= 4 is 34.0 Å². The van der Waals surface area contributed by atoms with Crippen molar-refractivity contribution < 1.29 is 23.8 Å². The van der Waals surface area contributed by atoms with E-state index in [0.29, 0.717) is 35.0 Å². The number of carbonyl (C=O) groups is 2. The number of hydrogen-bond acceptors (Lipinski definition) is 6. The highest BCUT2D eigenvalue weighted by Crippen LogP contribution is 2.23. The van der Waals surface area contributed by atoms with E-state index >= 15 is 0 Å². The third-order valence-electron chi connectivity index (χ3n) is 5.32. The number of amides is 1. The highest BCUT2D eigenvalue weighted by Gasteiger charge is 2.15. The van der Waals surface area contributed by atoms with E-state index in [4.69, 9.17) is 14.2 Å². The Bertz CT molecular complexity index is 1390. The average molecular weight is 573 g/mol. The van der Waals surface area contributed by atoms with Gasteiger partial charge >= 0.3 is 5.97 Å². The van der Waals surface area contributed by atoms with Crippen LogP contribution in [0.15, 0.2) is 113 Å². The van der Waals surface area contributed by atoms with Crippen molar-refractivity contribution in [2.45, 2.75) is 19.6 Å². The maximum Gasteiger partial charge on any atom is 0.343 e. The van der Waals surface area contributed by atoms with Crippen LogP contribution >= 0.6 is 15.9 Å². The molecule has 0 saturated heterocycles. The number of rotatable bonds is 10.